The van der Waals surface area contributed by atoms with Crippen molar-refractivity contribution in [2.45, 2.75) is 26.3 Å². The molecule has 4 nitrogen and oxygen atoms in total. The van der Waals surface area contributed by atoms with Gasteiger partial charge in [-0.1, -0.05) is 24.3 Å². The maximum atomic E-state index is 12.2. The van der Waals surface area contributed by atoms with Gasteiger partial charge >= 0.3 is 0 Å². The average Bonchev–Trinajstić information content (AvgIpc) is 2.60. The van der Waals surface area contributed by atoms with Crippen LogP contribution in [0, 0.1) is 0 Å². The Bertz CT molecular complexity index is 915. The third-order valence-corrected chi connectivity index (χ3v) is 5.43. The van der Waals surface area contributed by atoms with Crippen LogP contribution in [0.3, 0.4) is 0 Å². The smallest absolute Gasteiger partial charge is 0.272 e. The van der Waals surface area contributed by atoms with Crippen LogP contribution in [0.15, 0.2) is 58.1 Å². The van der Waals surface area contributed by atoms with Crippen LogP contribution in [0.5, 0.6) is 0 Å². The van der Waals surface area contributed by atoms with E-state index < -0.39 is 0 Å². The molecule has 0 fully saturated rings. The maximum Gasteiger partial charge on any atom is 0.272 e. The van der Waals surface area contributed by atoms with E-state index in [-0.39, 0.29) is 11.4 Å². The van der Waals surface area contributed by atoms with Crippen molar-refractivity contribution in [1.29, 1.82) is 0 Å². The van der Waals surface area contributed by atoms with Gasteiger partial charge in [0.2, 0.25) is 0 Å². The minimum atomic E-state index is -0.246. The number of likely N-dealkylation sites (N-methyl/N-ethyl adjacent to an activating group) is 1. The Hall–Kier alpha value is -2.40. The molecule has 1 amide bonds. The summed E-state index contributed by atoms with van der Waals surface area (Å²) in [5.74, 6) is -0.246. The number of fused-ring (bicyclic) bond motifs is 1. The lowest BCUT2D eigenvalue weighted by atomic mass is 9.89. The highest BCUT2D eigenvalue weighted by atomic mass is 79.9. The van der Waals surface area contributed by atoms with Crippen LogP contribution in [-0.4, -0.2) is 24.7 Å². The summed E-state index contributed by atoms with van der Waals surface area (Å²) >= 11 is 3.37. The first-order valence-electron chi connectivity index (χ1n) is 8.45. The van der Waals surface area contributed by atoms with Crippen molar-refractivity contribution in [2.75, 3.05) is 11.9 Å². The van der Waals surface area contributed by atoms with Gasteiger partial charge in [0.15, 0.2) is 0 Å². The van der Waals surface area contributed by atoms with E-state index in [1.165, 1.54) is 16.8 Å². The quantitative estimate of drug-likeness (QED) is 0.579. The first kappa shape index (κ1) is 18.4. The highest BCUT2D eigenvalue weighted by Gasteiger charge is 2.28. The van der Waals surface area contributed by atoms with E-state index in [2.05, 4.69) is 77.4 Å². The van der Waals surface area contributed by atoms with E-state index in [0.717, 1.165) is 10.0 Å². The van der Waals surface area contributed by atoms with Gasteiger partial charge in [-0.25, -0.2) is 5.43 Å². The molecule has 0 unspecified atom stereocenters. The predicted molar refractivity (Wildman–Crippen MR) is 112 cm³/mol. The number of rotatable bonds is 3. The molecular formula is C21H22BrN3O. The molecule has 0 aromatic heterocycles. The number of amides is 1. The molecule has 5 heteroatoms. The lowest BCUT2D eigenvalue weighted by molar-refractivity contribution is 0.0954. The van der Waals surface area contributed by atoms with Crippen molar-refractivity contribution < 1.29 is 4.79 Å². The van der Waals surface area contributed by atoms with Gasteiger partial charge in [0.05, 0.1) is 17.3 Å². The molecular weight excluding hydrogens is 390 g/mol. The molecule has 2 aromatic carbocycles. The van der Waals surface area contributed by atoms with Crippen molar-refractivity contribution in [3.8, 4) is 0 Å². The maximum absolute atomic E-state index is 12.2. The second-order valence-electron chi connectivity index (χ2n) is 7.00. The van der Waals surface area contributed by atoms with Crippen LogP contribution in [0.2, 0.25) is 0 Å². The van der Waals surface area contributed by atoms with Gasteiger partial charge in [0, 0.05) is 22.8 Å². The standard InChI is InChI=1S/C21H22BrN3O/c1-14-12-21(2,3)25(4)19-10-9-15(11-17(14)19)13-23-24-20(26)16-7-5-6-8-18(16)22/h5-13H,1-4H3,(H,24,26)/b23-13-. The molecule has 1 N–H and O–H groups in total. The Balaban J connectivity index is 1.78. The number of hydrazone groups is 1. The van der Waals surface area contributed by atoms with Crippen LogP contribution in [0.1, 0.15) is 42.3 Å². The number of carbonyl (C=O) groups is 1. The molecule has 2 aromatic rings. The van der Waals surface area contributed by atoms with Gasteiger partial charge in [0.1, 0.15) is 0 Å². The van der Waals surface area contributed by atoms with Gasteiger partial charge in [-0.2, -0.15) is 5.10 Å². The molecule has 0 saturated carbocycles. The number of carbonyl (C=O) groups excluding carboxylic acids is 1. The van der Waals surface area contributed by atoms with Crippen molar-refractivity contribution in [3.63, 3.8) is 0 Å². The summed E-state index contributed by atoms with van der Waals surface area (Å²) in [4.78, 5) is 14.5. The second-order valence-corrected chi connectivity index (χ2v) is 7.85. The monoisotopic (exact) mass is 411 g/mol. The predicted octanol–water partition coefficient (Wildman–Crippen LogP) is 4.84. The Kier molecular flexibility index (Phi) is 5.01. The van der Waals surface area contributed by atoms with Crippen LogP contribution in [0.4, 0.5) is 5.69 Å². The van der Waals surface area contributed by atoms with Gasteiger partial charge < -0.3 is 4.90 Å². The molecule has 26 heavy (non-hydrogen) atoms. The molecule has 0 aliphatic carbocycles. The van der Waals surface area contributed by atoms with Gasteiger partial charge in [-0.05, 0) is 72.1 Å². The molecule has 1 aliphatic rings. The van der Waals surface area contributed by atoms with Gasteiger partial charge in [0.25, 0.3) is 5.91 Å². The van der Waals surface area contributed by atoms with Crippen LogP contribution in [0.25, 0.3) is 5.57 Å². The topological polar surface area (TPSA) is 44.7 Å². The number of halogens is 1. The summed E-state index contributed by atoms with van der Waals surface area (Å²) in [5.41, 5.74) is 7.69. The van der Waals surface area contributed by atoms with E-state index in [0.29, 0.717) is 5.56 Å². The Morgan fingerprint density at radius 1 is 1.23 bits per heavy atom. The molecule has 1 aliphatic heterocycles. The fourth-order valence-electron chi connectivity index (χ4n) is 3.13. The Morgan fingerprint density at radius 3 is 2.69 bits per heavy atom. The molecule has 0 atom stereocenters. The molecule has 1 heterocycles. The summed E-state index contributed by atoms with van der Waals surface area (Å²) in [6.07, 6.45) is 3.94. The zero-order valence-corrected chi connectivity index (χ0v) is 17.0. The zero-order valence-electron chi connectivity index (χ0n) is 15.4. The second kappa shape index (κ2) is 7.08. The van der Waals surface area contributed by atoms with E-state index in [4.69, 9.17) is 0 Å². The van der Waals surface area contributed by atoms with Gasteiger partial charge in [-0.3, -0.25) is 4.79 Å². The first-order chi connectivity index (χ1) is 12.3. The Labute approximate surface area is 162 Å². The minimum Gasteiger partial charge on any atom is -0.366 e. The van der Waals surface area contributed by atoms with E-state index in [1.54, 1.807) is 12.3 Å². The van der Waals surface area contributed by atoms with Crippen LogP contribution >= 0.6 is 15.9 Å². The van der Waals surface area contributed by atoms with Crippen molar-refractivity contribution in [3.05, 3.63) is 69.7 Å². The summed E-state index contributed by atoms with van der Waals surface area (Å²) in [6.45, 7) is 6.53. The fraction of sp³-hybridized carbons (Fsp3) is 0.238. The minimum absolute atomic E-state index is 0.0102. The SMILES string of the molecule is CC1=CC(C)(C)N(C)c2ccc(/C=N\NC(=O)c3ccccc3Br)cc21. The van der Waals surface area contributed by atoms with E-state index >= 15 is 0 Å². The van der Waals surface area contributed by atoms with E-state index in [1.807, 2.05) is 24.3 Å². The lowest BCUT2D eigenvalue weighted by Crippen LogP contribution is -2.42. The molecule has 3 rings (SSSR count). The van der Waals surface area contributed by atoms with E-state index in [9.17, 15) is 4.79 Å². The van der Waals surface area contributed by atoms with Crippen LogP contribution in [-0.2, 0) is 0 Å². The summed E-state index contributed by atoms with van der Waals surface area (Å²) in [5, 5.41) is 4.10. The number of allylic oxidation sites excluding steroid dienone is 1. The van der Waals surface area contributed by atoms with Crippen molar-refractivity contribution >= 4 is 39.3 Å². The normalized spacial score (nSPS) is 15.6. The number of nitrogens with one attached hydrogen (secondary N) is 1. The third kappa shape index (κ3) is 3.58. The van der Waals surface area contributed by atoms with Gasteiger partial charge in [-0.15, -0.1) is 0 Å². The highest BCUT2D eigenvalue weighted by molar-refractivity contribution is 9.10. The molecule has 0 spiro atoms. The molecule has 0 radical (unpaired) electrons. The zero-order chi connectivity index (χ0) is 18.9. The Morgan fingerprint density at radius 2 is 1.96 bits per heavy atom. The largest absolute Gasteiger partial charge is 0.366 e. The third-order valence-electron chi connectivity index (χ3n) is 4.74. The number of nitrogens with zero attached hydrogens (tertiary/aromatic N) is 2. The number of anilines is 1. The molecule has 134 valence electrons. The lowest BCUT2D eigenvalue weighted by Gasteiger charge is -2.40. The molecule has 0 saturated heterocycles. The summed E-state index contributed by atoms with van der Waals surface area (Å²) in [7, 11) is 2.10. The first-order valence-corrected chi connectivity index (χ1v) is 9.24. The van der Waals surface area contributed by atoms with Crippen molar-refractivity contribution in [2.24, 2.45) is 5.10 Å². The highest BCUT2D eigenvalue weighted by Crippen LogP contribution is 2.37. The summed E-state index contributed by atoms with van der Waals surface area (Å²) < 4.78 is 0.743. The number of hydrogen-bond acceptors (Lipinski definition) is 3. The van der Waals surface area contributed by atoms with Crippen molar-refractivity contribution in [1.82, 2.24) is 5.43 Å². The number of benzene rings is 2. The summed E-state index contributed by atoms with van der Waals surface area (Å²) in [6, 6.07) is 13.5. The fourth-order valence-corrected chi connectivity index (χ4v) is 3.59. The van der Waals surface area contributed by atoms with Crippen LogP contribution < -0.4 is 10.3 Å². The average molecular weight is 412 g/mol. The number of hydrogen-bond donors (Lipinski definition) is 1. The molecule has 0 bridgehead atoms.